The van der Waals surface area contributed by atoms with Gasteiger partial charge in [0.1, 0.15) is 0 Å². The number of hydrogen-bond acceptors (Lipinski definition) is 3. The van der Waals surface area contributed by atoms with E-state index in [0.29, 0.717) is 0 Å². The second-order valence-corrected chi connectivity index (χ2v) is 8.85. The third kappa shape index (κ3) is 7.93. The molecule has 2 aliphatic rings. The first kappa shape index (κ1) is 25.9. The summed E-state index contributed by atoms with van der Waals surface area (Å²) >= 11 is 0. The number of hydrogen-bond donors (Lipinski definition) is 1. The number of guanidine groups is 1. The van der Waals surface area contributed by atoms with Gasteiger partial charge in [0.25, 0.3) is 5.91 Å². The molecule has 0 saturated carbocycles. The zero-order chi connectivity index (χ0) is 21.3. The molecular weight excluding hydrogens is 501 g/mol. The highest BCUT2D eigenvalue weighted by Crippen LogP contribution is 2.20. The molecule has 2 fully saturated rings. The van der Waals surface area contributed by atoms with Gasteiger partial charge in [-0.05, 0) is 69.3 Å². The van der Waals surface area contributed by atoms with Crippen LogP contribution in [0.25, 0.3) is 0 Å². The van der Waals surface area contributed by atoms with Crippen LogP contribution in [0, 0.1) is 5.92 Å². The maximum atomic E-state index is 12.2. The summed E-state index contributed by atoms with van der Waals surface area (Å²) < 4.78 is 0. The first-order valence-electron chi connectivity index (χ1n) is 11.6. The van der Waals surface area contributed by atoms with Crippen molar-refractivity contribution >= 4 is 35.8 Å². The number of nitrogens with zero attached hydrogens (tertiary/aromatic N) is 4. The Morgan fingerprint density at radius 1 is 1.19 bits per heavy atom. The summed E-state index contributed by atoms with van der Waals surface area (Å²) in [6.45, 7) is 9.75. The van der Waals surface area contributed by atoms with E-state index < -0.39 is 0 Å². The van der Waals surface area contributed by atoms with Crippen molar-refractivity contribution in [1.29, 1.82) is 0 Å². The average Bonchev–Trinajstić information content (AvgIpc) is 3.21. The average molecular weight is 542 g/mol. The van der Waals surface area contributed by atoms with Gasteiger partial charge in [0.05, 0.1) is 0 Å². The number of piperidine rings is 1. The first-order valence-corrected chi connectivity index (χ1v) is 11.6. The van der Waals surface area contributed by atoms with Crippen LogP contribution in [0.2, 0.25) is 0 Å². The second-order valence-electron chi connectivity index (χ2n) is 8.85. The smallest absolute Gasteiger partial charge is 0.253 e. The molecule has 0 spiro atoms. The van der Waals surface area contributed by atoms with E-state index in [2.05, 4.69) is 28.1 Å². The van der Waals surface area contributed by atoms with Crippen molar-refractivity contribution in [2.75, 3.05) is 59.9 Å². The van der Waals surface area contributed by atoms with Crippen molar-refractivity contribution in [1.82, 2.24) is 20.0 Å². The number of halogens is 1. The molecule has 1 aromatic rings. The third-order valence-corrected chi connectivity index (χ3v) is 6.13. The van der Waals surface area contributed by atoms with Gasteiger partial charge in [-0.1, -0.05) is 18.6 Å². The zero-order valence-corrected chi connectivity index (χ0v) is 21.8. The van der Waals surface area contributed by atoms with Gasteiger partial charge in [-0.25, -0.2) is 0 Å². The Kier molecular flexibility index (Phi) is 11.1. The molecule has 6 nitrogen and oxygen atoms in total. The predicted molar refractivity (Wildman–Crippen MR) is 140 cm³/mol. The number of carbonyl (C=O) groups excluding carboxylic acids is 1. The molecular formula is C24H40IN5O. The first-order chi connectivity index (χ1) is 14.6. The zero-order valence-electron chi connectivity index (χ0n) is 19.5. The molecule has 0 aromatic heterocycles. The summed E-state index contributed by atoms with van der Waals surface area (Å²) in [5.74, 6) is 1.84. The van der Waals surface area contributed by atoms with Crippen LogP contribution in [0.15, 0.2) is 29.3 Å². The molecule has 1 N–H and O–H groups in total. The van der Waals surface area contributed by atoms with Gasteiger partial charge in [0, 0.05) is 52.4 Å². The molecule has 1 unspecified atom stereocenters. The van der Waals surface area contributed by atoms with Crippen LogP contribution in [0.1, 0.15) is 48.5 Å². The van der Waals surface area contributed by atoms with Gasteiger partial charge in [0.15, 0.2) is 5.96 Å². The summed E-state index contributed by atoms with van der Waals surface area (Å²) in [7, 11) is 3.58. The summed E-state index contributed by atoms with van der Waals surface area (Å²) in [4.78, 5) is 23.8. The van der Waals surface area contributed by atoms with Crippen LogP contribution in [-0.2, 0) is 6.42 Å². The minimum Gasteiger partial charge on any atom is -0.357 e. The molecule has 2 saturated heterocycles. The lowest BCUT2D eigenvalue weighted by Gasteiger charge is -2.29. The molecule has 3 rings (SSSR count). The lowest BCUT2D eigenvalue weighted by Crippen LogP contribution is -2.41. The quantitative estimate of drug-likeness (QED) is 0.327. The summed E-state index contributed by atoms with van der Waals surface area (Å²) in [6.07, 6.45) is 6.23. The van der Waals surface area contributed by atoms with E-state index >= 15 is 0 Å². The highest BCUT2D eigenvalue weighted by atomic mass is 127. The van der Waals surface area contributed by atoms with Crippen molar-refractivity contribution in [3.05, 3.63) is 35.4 Å². The van der Waals surface area contributed by atoms with Crippen LogP contribution >= 0.6 is 24.0 Å². The molecule has 2 heterocycles. The lowest BCUT2D eigenvalue weighted by atomic mass is 10.1. The second kappa shape index (κ2) is 13.3. The van der Waals surface area contributed by atoms with Crippen molar-refractivity contribution in [3.8, 4) is 0 Å². The summed E-state index contributed by atoms with van der Waals surface area (Å²) in [5.41, 5.74) is 1.90. The van der Waals surface area contributed by atoms with E-state index in [9.17, 15) is 4.79 Å². The highest BCUT2D eigenvalue weighted by Gasteiger charge is 2.26. The fourth-order valence-corrected chi connectivity index (χ4v) is 4.52. The van der Waals surface area contributed by atoms with Crippen LogP contribution < -0.4 is 5.32 Å². The molecule has 174 valence electrons. The van der Waals surface area contributed by atoms with E-state index in [4.69, 9.17) is 4.99 Å². The predicted octanol–water partition coefficient (Wildman–Crippen LogP) is 3.32. The SMILES string of the molecule is CCNC(=NCCc1cccc(C(=O)N(C)C)c1)N1CCC(CN2CCCCC2)C1.I. The Morgan fingerprint density at radius 3 is 2.68 bits per heavy atom. The van der Waals surface area contributed by atoms with Gasteiger partial charge in [-0.2, -0.15) is 0 Å². The summed E-state index contributed by atoms with van der Waals surface area (Å²) in [6, 6.07) is 7.92. The topological polar surface area (TPSA) is 51.2 Å². The summed E-state index contributed by atoms with van der Waals surface area (Å²) in [5, 5.41) is 3.48. The van der Waals surface area contributed by atoms with Crippen LogP contribution in [0.5, 0.6) is 0 Å². The van der Waals surface area contributed by atoms with Crippen LogP contribution in [-0.4, -0.2) is 86.5 Å². The van der Waals surface area contributed by atoms with Crippen molar-refractivity contribution in [3.63, 3.8) is 0 Å². The number of carbonyl (C=O) groups is 1. The Bertz CT molecular complexity index is 718. The fourth-order valence-electron chi connectivity index (χ4n) is 4.52. The molecule has 0 bridgehead atoms. The van der Waals surface area contributed by atoms with Crippen molar-refractivity contribution in [2.45, 2.75) is 39.0 Å². The monoisotopic (exact) mass is 541 g/mol. The molecule has 2 aliphatic heterocycles. The Labute approximate surface area is 205 Å². The molecule has 31 heavy (non-hydrogen) atoms. The maximum Gasteiger partial charge on any atom is 0.253 e. The number of benzene rings is 1. The van der Waals surface area contributed by atoms with Gasteiger partial charge in [-0.3, -0.25) is 9.79 Å². The minimum absolute atomic E-state index is 0. The van der Waals surface area contributed by atoms with Gasteiger partial charge in [0.2, 0.25) is 0 Å². The lowest BCUT2D eigenvalue weighted by molar-refractivity contribution is 0.0827. The van der Waals surface area contributed by atoms with Gasteiger partial charge in [-0.15, -0.1) is 24.0 Å². The van der Waals surface area contributed by atoms with E-state index in [-0.39, 0.29) is 29.9 Å². The van der Waals surface area contributed by atoms with Crippen molar-refractivity contribution in [2.24, 2.45) is 10.9 Å². The molecule has 1 aromatic carbocycles. The number of aliphatic imine (C=N–C) groups is 1. The minimum atomic E-state index is 0. The van der Waals surface area contributed by atoms with Gasteiger partial charge >= 0.3 is 0 Å². The maximum absolute atomic E-state index is 12.2. The largest absolute Gasteiger partial charge is 0.357 e. The number of amides is 1. The van der Waals surface area contributed by atoms with Crippen LogP contribution in [0.3, 0.4) is 0 Å². The van der Waals surface area contributed by atoms with E-state index in [1.54, 1.807) is 19.0 Å². The Balaban J connectivity index is 0.00000341. The van der Waals surface area contributed by atoms with E-state index in [1.807, 2.05) is 18.2 Å². The standard InChI is InChI=1S/C24H39N5O.HI/c1-4-25-24(29-16-12-21(19-29)18-28-14-6-5-7-15-28)26-13-11-20-9-8-10-22(17-20)23(30)27(2)3;/h8-10,17,21H,4-7,11-16,18-19H2,1-3H3,(H,25,26);1H. The molecule has 0 aliphatic carbocycles. The number of rotatable bonds is 7. The Morgan fingerprint density at radius 2 is 1.97 bits per heavy atom. The molecule has 1 atom stereocenters. The molecule has 7 heteroatoms. The third-order valence-electron chi connectivity index (χ3n) is 6.13. The van der Waals surface area contributed by atoms with E-state index in [1.165, 1.54) is 45.3 Å². The van der Waals surface area contributed by atoms with Crippen LogP contribution in [0.4, 0.5) is 0 Å². The Hall–Kier alpha value is -1.35. The van der Waals surface area contributed by atoms with Crippen molar-refractivity contribution < 1.29 is 4.79 Å². The van der Waals surface area contributed by atoms with E-state index in [0.717, 1.165) is 55.6 Å². The normalized spacial score (nSPS) is 19.8. The molecule has 0 radical (unpaired) electrons. The van der Waals surface area contributed by atoms with Gasteiger partial charge < -0.3 is 20.0 Å². The number of likely N-dealkylation sites (tertiary alicyclic amines) is 2. The number of nitrogens with one attached hydrogen (secondary N) is 1. The fraction of sp³-hybridized carbons (Fsp3) is 0.667. The molecule has 1 amide bonds. The highest BCUT2D eigenvalue weighted by molar-refractivity contribution is 14.0.